The highest BCUT2D eigenvalue weighted by atomic mass is 15.2. The Balaban J connectivity index is 1.98. The van der Waals surface area contributed by atoms with E-state index in [1.165, 1.54) is 0 Å². The van der Waals surface area contributed by atoms with E-state index < -0.39 is 0 Å². The predicted octanol–water partition coefficient (Wildman–Crippen LogP) is 4.43. The predicted molar refractivity (Wildman–Crippen MR) is 118 cm³/mol. The monoisotopic (exact) mass is 384 g/mol. The molecule has 3 N–H and O–H groups in total. The lowest BCUT2D eigenvalue weighted by Gasteiger charge is -2.21. The number of benzene rings is 1. The SMILES string of the molecule is C=CCC(NCC)n1c(-c2cccnc2N)nc2ccc(-c3ccccc3)nc21. The third kappa shape index (κ3) is 3.62. The van der Waals surface area contributed by atoms with Crippen LogP contribution in [0.15, 0.2) is 73.4 Å². The molecule has 1 unspecified atom stereocenters. The van der Waals surface area contributed by atoms with Crippen molar-refractivity contribution in [2.24, 2.45) is 0 Å². The number of nitrogens with two attached hydrogens (primary N) is 1. The summed E-state index contributed by atoms with van der Waals surface area (Å²) in [7, 11) is 0. The average Bonchev–Trinajstić information content (AvgIpc) is 3.13. The largest absolute Gasteiger partial charge is 0.383 e. The second-order valence-electron chi connectivity index (χ2n) is 6.74. The molecule has 0 saturated carbocycles. The number of hydrogen-bond acceptors (Lipinski definition) is 5. The third-order valence-corrected chi connectivity index (χ3v) is 4.83. The highest BCUT2D eigenvalue weighted by Gasteiger charge is 2.22. The van der Waals surface area contributed by atoms with Crippen molar-refractivity contribution in [1.82, 2.24) is 24.8 Å². The quantitative estimate of drug-likeness (QED) is 0.461. The summed E-state index contributed by atoms with van der Waals surface area (Å²) >= 11 is 0. The van der Waals surface area contributed by atoms with Crippen LogP contribution in [0.5, 0.6) is 0 Å². The van der Waals surface area contributed by atoms with Gasteiger partial charge in [-0.05, 0) is 37.2 Å². The minimum Gasteiger partial charge on any atom is -0.383 e. The lowest BCUT2D eigenvalue weighted by atomic mass is 10.1. The summed E-state index contributed by atoms with van der Waals surface area (Å²) in [5, 5.41) is 3.52. The fourth-order valence-electron chi connectivity index (χ4n) is 3.51. The van der Waals surface area contributed by atoms with Crippen LogP contribution in [0, 0.1) is 0 Å². The van der Waals surface area contributed by atoms with Gasteiger partial charge in [-0.25, -0.2) is 15.0 Å². The molecule has 6 nitrogen and oxygen atoms in total. The number of nitrogens with zero attached hydrogens (tertiary/aromatic N) is 4. The number of nitrogens with one attached hydrogen (secondary N) is 1. The molecular weight excluding hydrogens is 360 g/mol. The number of anilines is 1. The van der Waals surface area contributed by atoms with Crippen molar-refractivity contribution >= 4 is 17.0 Å². The number of pyridine rings is 2. The normalized spacial score (nSPS) is 12.2. The van der Waals surface area contributed by atoms with E-state index in [0.29, 0.717) is 5.82 Å². The number of fused-ring (bicyclic) bond motifs is 1. The minimum absolute atomic E-state index is 0.0457. The smallest absolute Gasteiger partial charge is 0.162 e. The second kappa shape index (κ2) is 8.24. The summed E-state index contributed by atoms with van der Waals surface area (Å²) in [5.74, 6) is 1.19. The van der Waals surface area contributed by atoms with Crippen LogP contribution < -0.4 is 11.1 Å². The Hall–Kier alpha value is -3.51. The molecule has 4 aromatic rings. The molecule has 29 heavy (non-hydrogen) atoms. The van der Waals surface area contributed by atoms with Crippen molar-refractivity contribution in [1.29, 1.82) is 0 Å². The van der Waals surface area contributed by atoms with E-state index in [1.54, 1.807) is 6.20 Å². The first kappa shape index (κ1) is 18.8. The first-order valence-corrected chi connectivity index (χ1v) is 9.72. The lowest BCUT2D eigenvalue weighted by Crippen LogP contribution is -2.27. The van der Waals surface area contributed by atoms with Crippen LogP contribution >= 0.6 is 0 Å². The molecule has 0 bridgehead atoms. The van der Waals surface area contributed by atoms with Gasteiger partial charge in [-0.3, -0.25) is 9.88 Å². The molecule has 0 aliphatic carbocycles. The van der Waals surface area contributed by atoms with Crippen LogP contribution in [0.1, 0.15) is 19.5 Å². The Labute approximate surface area is 170 Å². The van der Waals surface area contributed by atoms with E-state index in [-0.39, 0.29) is 6.17 Å². The maximum Gasteiger partial charge on any atom is 0.162 e. The molecule has 0 amide bonds. The number of aromatic nitrogens is 4. The second-order valence-corrected chi connectivity index (χ2v) is 6.74. The van der Waals surface area contributed by atoms with Gasteiger partial charge in [0.15, 0.2) is 5.65 Å². The Morgan fingerprint density at radius 2 is 1.93 bits per heavy atom. The maximum absolute atomic E-state index is 6.19. The molecule has 1 aromatic carbocycles. The topological polar surface area (TPSA) is 81.7 Å². The number of imidazole rings is 1. The standard InChI is InChI=1S/C23H24N6/c1-3-9-20(25-4-2)29-22(17-12-8-15-26-21(17)24)28-19-14-13-18(27-23(19)29)16-10-6-5-7-11-16/h3,5-8,10-15,20,25H,1,4,9H2,2H3,(H2,24,26). The summed E-state index contributed by atoms with van der Waals surface area (Å²) < 4.78 is 2.11. The van der Waals surface area contributed by atoms with Crippen molar-refractivity contribution in [3.05, 3.63) is 73.4 Å². The maximum atomic E-state index is 6.19. The molecule has 146 valence electrons. The molecule has 0 saturated heterocycles. The molecule has 6 heteroatoms. The van der Waals surface area contributed by atoms with E-state index in [2.05, 4.69) is 40.5 Å². The zero-order chi connectivity index (χ0) is 20.2. The highest BCUT2D eigenvalue weighted by molar-refractivity contribution is 5.82. The fourth-order valence-corrected chi connectivity index (χ4v) is 3.51. The molecule has 0 fully saturated rings. The third-order valence-electron chi connectivity index (χ3n) is 4.83. The first-order valence-electron chi connectivity index (χ1n) is 9.72. The molecule has 3 aromatic heterocycles. The summed E-state index contributed by atoms with van der Waals surface area (Å²) in [5.41, 5.74) is 10.6. The summed E-state index contributed by atoms with van der Waals surface area (Å²) in [6.07, 6.45) is 4.26. The molecule has 3 heterocycles. The summed E-state index contributed by atoms with van der Waals surface area (Å²) in [4.78, 5) is 14.1. The zero-order valence-corrected chi connectivity index (χ0v) is 16.4. The molecule has 1 atom stereocenters. The average molecular weight is 384 g/mol. The van der Waals surface area contributed by atoms with Gasteiger partial charge in [0.1, 0.15) is 17.2 Å². The molecule has 0 spiro atoms. The Kier molecular flexibility index (Phi) is 5.35. The Morgan fingerprint density at radius 3 is 2.66 bits per heavy atom. The van der Waals surface area contributed by atoms with Gasteiger partial charge in [0.25, 0.3) is 0 Å². The number of nitrogen functional groups attached to an aromatic ring is 1. The summed E-state index contributed by atoms with van der Waals surface area (Å²) in [6.45, 7) is 6.81. The molecule has 0 aliphatic rings. The van der Waals surface area contributed by atoms with E-state index in [9.17, 15) is 0 Å². The van der Waals surface area contributed by atoms with Gasteiger partial charge in [0.2, 0.25) is 0 Å². The fraction of sp³-hybridized carbons (Fsp3) is 0.174. The summed E-state index contributed by atoms with van der Waals surface area (Å²) in [6, 6.07) is 18.0. The highest BCUT2D eigenvalue weighted by Crippen LogP contribution is 2.31. The molecular formula is C23H24N6. The van der Waals surface area contributed by atoms with Gasteiger partial charge in [-0.2, -0.15) is 0 Å². The Bertz CT molecular complexity index is 1130. The molecule has 4 rings (SSSR count). The van der Waals surface area contributed by atoms with E-state index >= 15 is 0 Å². The van der Waals surface area contributed by atoms with Crippen molar-refractivity contribution in [3.8, 4) is 22.6 Å². The van der Waals surface area contributed by atoms with E-state index in [4.69, 9.17) is 15.7 Å². The van der Waals surface area contributed by atoms with Gasteiger partial charge in [0.05, 0.1) is 17.4 Å². The van der Waals surface area contributed by atoms with Gasteiger partial charge in [-0.1, -0.05) is 43.3 Å². The van der Waals surface area contributed by atoms with Crippen LogP contribution in [-0.2, 0) is 0 Å². The van der Waals surface area contributed by atoms with Crippen LogP contribution in [-0.4, -0.2) is 26.1 Å². The zero-order valence-electron chi connectivity index (χ0n) is 16.4. The van der Waals surface area contributed by atoms with Crippen LogP contribution in [0.25, 0.3) is 33.8 Å². The van der Waals surface area contributed by atoms with E-state index in [1.807, 2.05) is 48.5 Å². The van der Waals surface area contributed by atoms with E-state index in [0.717, 1.165) is 46.8 Å². The number of rotatable bonds is 7. The Morgan fingerprint density at radius 1 is 1.10 bits per heavy atom. The van der Waals surface area contributed by atoms with Crippen molar-refractivity contribution in [2.45, 2.75) is 19.5 Å². The van der Waals surface area contributed by atoms with Crippen LogP contribution in [0.4, 0.5) is 5.82 Å². The van der Waals surface area contributed by atoms with Gasteiger partial charge < -0.3 is 5.73 Å². The molecule has 0 radical (unpaired) electrons. The van der Waals surface area contributed by atoms with Gasteiger partial charge in [0, 0.05) is 11.8 Å². The van der Waals surface area contributed by atoms with Gasteiger partial charge in [-0.15, -0.1) is 6.58 Å². The lowest BCUT2D eigenvalue weighted by molar-refractivity contribution is 0.429. The van der Waals surface area contributed by atoms with Crippen molar-refractivity contribution in [3.63, 3.8) is 0 Å². The van der Waals surface area contributed by atoms with Crippen LogP contribution in [0.3, 0.4) is 0 Å². The van der Waals surface area contributed by atoms with Crippen molar-refractivity contribution in [2.75, 3.05) is 12.3 Å². The minimum atomic E-state index is -0.0457. The van der Waals surface area contributed by atoms with Crippen LogP contribution in [0.2, 0.25) is 0 Å². The molecule has 0 aliphatic heterocycles. The number of hydrogen-bond donors (Lipinski definition) is 2. The van der Waals surface area contributed by atoms with Crippen molar-refractivity contribution < 1.29 is 0 Å². The van der Waals surface area contributed by atoms with Gasteiger partial charge >= 0.3 is 0 Å². The first-order chi connectivity index (χ1) is 14.2.